The molecule has 1 aliphatic rings. The van der Waals surface area contributed by atoms with E-state index in [1.165, 1.54) is 26.7 Å². The summed E-state index contributed by atoms with van der Waals surface area (Å²) in [6.07, 6.45) is 0.296. The number of amides is 2. The molecule has 0 spiro atoms. The number of anilines is 1. The van der Waals surface area contributed by atoms with Gasteiger partial charge in [-0.25, -0.2) is 4.98 Å². The van der Waals surface area contributed by atoms with E-state index in [9.17, 15) is 9.59 Å². The van der Waals surface area contributed by atoms with Crippen molar-refractivity contribution in [2.24, 2.45) is 0 Å². The molecule has 0 unspecified atom stereocenters. The van der Waals surface area contributed by atoms with E-state index in [-0.39, 0.29) is 11.1 Å². The number of thioether (sulfide) groups is 1. The number of hydrogen-bond acceptors (Lipinski definition) is 5. The monoisotopic (exact) mass is 459 g/mol. The van der Waals surface area contributed by atoms with Gasteiger partial charge in [0, 0.05) is 39.8 Å². The SMILES string of the molecule is O=C(CCN1CCSC1=O)Nc1nc(-c2ccc(I)cc2)cs1. The van der Waals surface area contributed by atoms with E-state index in [0.29, 0.717) is 18.1 Å². The molecular weight excluding hydrogens is 445 g/mol. The van der Waals surface area contributed by atoms with Crippen LogP contribution in [0.1, 0.15) is 6.42 Å². The first-order chi connectivity index (χ1) is 11.1. The van der Waals surface area contributed by atoms with Crippen molar-refractivity contribution < 1.29 is 9.59 Å². The molecule has 0 bridgehead atoms. The van der Waals surface area contributed by atoms with Crippen molar-refractivity contribution >= 4 is 62.0 Å². The second-order valence-corrected chi connectivity index (χ2v) is 8.09. The number of nitrogens with one attached hydrogen (secondary N) is 1. The molecule has 2 aromatic rings. The van der Waals surface area contributed by atoms with Crippen molar-refractivity contribution in [1.82, 2.24) is 9.88 Å². The maximum atomic E-state index is 12.0. The van der Waals surface area contributed by atoms with E-state index in [2.05, 4.69) is 32.9 Å². The predicted octanol–water partition coefficient (Wildman–Crippen LogP) is 3.91. The third-order valence-corrected chi connectivity index (χ3v) is 5.71. The first-order valence-electron chi connectivity index (χ1n) is 7.05. The van der Waals surface area contributed by atoms with Crippen LogP contribution in [0, 0.1) is 3.57 Å². The van der Waals surface area contributed by atoms with E-state index in [1.807, 2.05) is 29.6 Å². The number of carbonyl (C=O) groups excluding carboxylic acids is 2. The fraction of sp³-hybridized carbons (Fsp3) is 0.267. The Hall–Kier alpha value is -1.13. The maximum Gasteiger partial charge on any atom is 0.281 e. The summed E-state index contributed by atoms with van der Waals surface area (Å²) >= 11 is 4.97. The number of hydrogen-bond donors (Lipinski definition) is 1. The molecule has 0 saturated carbocycles. The summed E-state index contributed by atoms with van der Waals surface area (Å²) in [5.41, 5.74) is 1.88. The third kappa shape index (κ3) is 4.45. The van der Waals surface area contributed by atoms with Crippen LogP contribution in [0.3, 0.4) is 0 Å². The highest BCUT2D eigenvalue weighted by Crippen LogP contribution is 2.25. The summed E-state index contributed by atoms with van der Waals surface area (Å²) in [7, 11) is 0. The minimum Gasteiger partial charge on any atom is -0.332 e. The number of nitrogens with zero attached hydrogens (tertiary/aromatic N) is 2. The van der Waals surface area contributed by atoms with Crippen LogP contribution >= 0.6 is 45.7 Å². The highest BCUT2D eigenvalue weighted by Gasteiger charge is 2.21. The molecule has 3 rings (SSSR count). The normalized spacial score (nSPS) is 14.3. The van der Waals surface area contributed by atoms with Crippen molar-refractivity contribution in [3.05, 3.63) is 33.2 Å². The Morgan fingerprint density at radius 2 is 2.13 bits per heavy atom. The van der Waals surface area contributed by atoms with Gasteiger partial charge in [-0.2, -0.15) is 0 Å². The van der Waals surface area contributed by atoms with Crippen molar-refractivity contribution in [2.75, 3.05) is 24.2 Å². The number of carbonyl (C=O) groups is 2. The van der Waals surface area contributed by atoms with E-state index in [0.717, 1.165) is 23.6 Å². The van der Waals surface area contributed by atoms with Crippen LogP contribution in [0.15, 0.2) is 29.6 Å². The molecule has 1 aromatic carbocycles. The largest absolute Gasteiger partial charge is 0.332 e. The topological polar surface area (TPSA) is 62.3 Å². The third-order valence-electron chi connectivity index (χ3n) is 3.34. The van der Waals surface area contributed by atoms with Gasteiger partial charge >= 0.3 is 0 Å². The Labute approximate surface area is 156 Å². The van der Waals surface area contributed by atoms with Gasteiger partial charge in [-0.05, 0) is 34.7 Å². The molecule has 5 nitrogen and oxygen atoms in total. The van der Waals surface area contributed by atoms with Gasteiger partial charge in [-0.3, -0.25) is 9.59 Å². The van der Waals surface area contributed by atoms with Gasteiger partial charge in [0.1, 0.15) is 0 Å². The molecule has 0 radical (unpaired) electrons. The fourth-order valence-electron chi connectivity index (χ4n) is 2.13. The first kappa shape index (κ1) is 16.7. The molecule has 1 aliphatic heterocycles. The summed E-state index contributed by atoms with van der Waals surface area (Å²) in [6.45, 7) is 1.19. The van der Waals surface area contributed by atoms with Crippen molar-refractivity contribution in [1.29, 1.82) is 0 Å². The van der Waals surface area contributed by atoms with Crippen LogP contribution in [-0.4, -0.2) is 39.9 Å². The summed E-state index contributed by atoms with van der Waals surface area (Å²) in [4.78, 5) is 29.6. The summed E-state index contributed by atoms with van der Waals surface area (Å²) < 4.78 is 1.17. The number of aromatic nitrogens is 1. The second-order valence-electron chi connectivity index (χ2n) is 4.94. The van der Waals surface area contributed by atoms with Gasteiger partial charge in [0.25, 0.3) is 5.24 Å². The summed E-state index contributed by atoms with van der Waals surface area (Å²) in [5.74, 6) is 0.699. The lowest BCUT2D eigenvalue weighted by molar-refractivity contribution is -0.116. The van der Waals surface area contributed by atoms with Gasteiger partial charge < -0.3 is 10.2 Å². The molecule has 1 aromatic heterocycles. The number of thiazole rings is 1. The van der Waals surface area contributed by atoms with Crippen molar-refractivity contribution in [3.8, 4) is 11.3 Å². The lowest BCUT2D eigenvalue weighted by Crippen LogP contribution is -2.27. The Kier molecular flexibility index (Phi) is 5.54. The standard InChI is InChI=1S/C15H14IN3O2S2/c16-11-3-1-10(2-4-11)12-9-23-14(17-12)18-13(20)5-6-19-7-8-22-15(19)21/h1-4,9H,5-8H2,(H,17,18,20). The molecule has 120 valence electrons. The fourth-order valence-corrected chi connectivity index (χ4v) is 4.08. The maximum absolute atomic E-state index is 12.0. The smallest absolute Gasteiger partial charge is 0.281 e. The molecule has 2 amide bonds. The minimum atomic E-state index is -0.113. The van der Waals surface area contributed by atoms with Gasteiger partial charge in [0.05, 0.1) is 5.69 Å². The Bertz CT molecular complexity index is 718. The zero-order chi connectivity index (χ0) is 16.2. The molecule has 0 atom stereocenters. The summed E-state index contributed by atoms with van der Waals surface area (Å²) in [5, 5.41) is 5.39. The average molecular weight is 459 g/mol. The van der Waals surface area contributed by atoms with Crippen LogP contribution < -0.4 is 5.32 Å². The second kappa shape index (κ2) is 7.63. The Morgan fingerprint density at radius 1 is 1.35 bits per heavy atom. The van der Waals surface area contributed by atoms with Gasteiger partial charge in [-0.1, -0.05) is 23.9 Å². The average Bonchev–Trinajstić information content (AvgIpc) is 3.15. The molecule has 23 heavy (non-hydrogen) atoms. The van der Waals surface area contributed by atoms with E-state index < -0.39 is 0 Å². The first-order valence-corrected chi connectivity index (χ1v) is 9.99. The van der Waals surface area contributed by atoms with E-state index >= 15 is 0 Å². The van der Waals surface area contributed by atoms with Gasteiger partial charge in [0.15, 0.2) is 5.13 Å². The van der Waals surface area contributed by atoms with E-state index in [1.54, 1.807) is 4.90 Å². The molecule has 0 aliphatic carbocycles. The lowest BCUT2D eigenvalue weighted by Gasteiger charge is -2.13. The number of halogens is 1. The summed E-state index contributed by atoms with van der Waals surface area (Å²) in [6, 6.07) is 8.08. The predicted molar refractivity (Wildman–Crippen MR) is 103 cm³/mol. The van der Waals surface area contributed by atoms with Crippen molar-refractivity contribution in [2.45, 2.75) is 6.42 Å². The van der Waals surface area contributed by atoms with Gasteiger partial charge in [-0.15, -0.1) is 11.3 Å². The van der Waals surface area contributed by atoms with Crippen molar-refractivity contribution in [3.63, 3.8) is 0 Å². The molecule has 8 heteroatoms. The Morgan fingerprint density at radius 3 is 2.83 bits per heavy atom. The zero-order valence-corrected chi connectivity index (χ0v) is 15.9. The van der Waals surface area contributed by atoms with Crippen LogP contribution in [-0.2, 0) is 4.79 Å². The number of benzene rings is 1. The molecule has 1 N–H and O–H groups in total. The van der Waals surface area contributed by atoms with E-state index in [4.69, 9.17) is 0 Å². The minimum absolute atomic E-state index is 0.0630. The molecule has 2 heterocycles. The quantitative estimate of drug-likeness (QED) is 0.689. The van der Waals surface area contributed by atoms with Crippen LogP contribution in [0.4, 0.5) is 9.93 Å². The van der Waals surface area contributed by atoms with Crippen LogP contribution in [0.5, 0.6) is 0 Å². The van der Waals surface area contributed by atoms with Crippen LogP contribution in [0.2, 0.25) is 0 Å². The molecular formula is C15H14IN3O2S2. The lowest BCUT2D eigenvalue weighted by atomic mass is 10.2. The van der Waals surface area contributed by atoms with Crippen LogP contribution in [0.25, 0.3) is 11.3 Å². The number of rotatable bonds is 5. The Balaban J connectivity index is 1.55. The van der Waals surface area contributed by atoms with Gasteiger partial charge in [0.2, 0.25) is 5.91 Å². The highest BCUT2D eigenvalue weighted by molar-refractivity contribution is 14.1. The molecule has 1 fully saturated rings. The molecule has 1 saturated heterocycles. The zero-order valence-electron chi connectivity index (χ0n) is 12.1. The highest BCUT2D eigenvalue weighted by atomic mass is 127.